The van der Waals surface area contributed by atoms with Gasteiger partial charge in [0, 0.05) is 24.8 Å². The molecule has 1 aromatic heterocycles. The maximum atomic E-state index is 13.4. The van der Waals surface area contributed by atoms with Crippen LogP contribution in [0, 0.1) is 19.7 Å². The van der Waals surface area contributed by atoms with E-state index in [4.69, 9.17) is 5.73 Å². The fourth-order valence-electron chi connectivity index (χ4n) is 2.50. The van der Waals surface area contributed by atoms with E-state index in [9.17, 15) is 4.39 Å². The monoisotopic (exact) mass is 287 g/mol. The summed E-state index contributed by atoms with van der Waals surface area (Å²) in [6.45, 7) is 4.94. The minimum absolute atomic E-state index is 0.0478. The fraction of sp³-hybridized carbons (Fsp3) is 0.353. The first-order chi connectivity index (χ1) is 10.0. The van der Waals surface area contributed by atoms with Crippen molar-refractivity contribution in [3.63, 3.8) is 0 Å². The molecule has 0 amide bonds. The molecule has 0 saturated heterocycles. The zero-order valence-electron chi connectivity index (χ0n) is 12.8. The standard InChI is InChI=1S/C17H22FN3/c1-12-9-14(7-8-16(12)18)17(10-19)21(3)11-15-6-4-5-13(2)20-15/h4-9,17H,10-11,19H2,1-3H3. The number of benzene rings is 1. The molecule has 0 spiro atoms. The van der Waals surface area contributed by atoms with E-state index in [0.717, 1.165) is 17.0 Å². The van der Waals surface area contributed by atoms with Gasteiger partial charge in [-0.15, -0.1) is 0 Å². The highest BCUT2D eigenvalue weighted by Gasteiger charge is 2.17. The van der Waals surface area contributed by atoms with Gasteiger partial charge in [0.15, 0.2) is 0 Å². The van der Waals surface area contributed by atoms with Crippen molar-refractivity contribution in [3.8, 4) is 0 Å². The molecule has 2 rings (SSSR count). The van der Waals surface area contributed by atoms with Crippen LogP contribution in [0.4, 0.5) is 4.39 Å². The lowest BCUT2D eigenvalue weighted by atomic mass is 10.0. The van der Waals surface area contributed by atoms with Gasteiger partial charge in [-0.1, -0.05) is 18.2 Å². The van der Waals surface area contributed by atoms with E-state index in [1.165, 1.54) is 6.07 Å². The number of hydrogen-bond donors (Lipinski definition) is 1. The molecule has 1 heterocycles. The molecule has 1 unspecified atom stereocenters. The summed E-state index contributed by atoms with van der Waals surface area (Å²) in [4.78, 5) is 6.66. The summed E-state index contributed by atoms with van der Waals surface area (Å²) in [7, 11) is 2.01. The van der Waals surface area contributed by atoms with Crippen LogP contribution in [-0.4, -0.2) is 23.5 Å². The van der Waals surface area contributed by atoms with Gasteiger partial charge in [-0.25, -0.2) is 4.39 Å². The first-order valence-electron chi connectivity index (χ1n) is 7.10. The predicted molar refractivity (Wildman–Crippen MR) is 83.4 cm³/mol. The third kappa shape index (κ3) is 3.86. The lowest BCUT2D eigenvalue weighted by molar-refractivity contribution is 0.239. The number of nitrogens with zero attached hydrogens (tertiary/aromatic N) is 2. The van der Waals surface area contributed by atoms with Crippen LogP contribution in [0.3, 0.4) is 0 Å². The lowest BCUT2D eigenvalue weighted by Crippen LogP contribution is -2.30. The molecule has 0 aliphatic heterocycles. The third-order valence-electron chi connectivity index (χ3n) is 3.68. The quantitative estimate of drug-likeness (QED) is 0.919. The summed E-state index contributed by atoms with van der Waals surface area (Å²) in [5.41, 5.74) is 9.61. The van der Waals surface area contributed by atoms with Crippen molar-refractivity contribution in [1.29, 1.82) is 0 Å². The topological polar surface area (TPSA) is 42.1 Å². The number of pyridine rings is 1. The van der Waals surface area contributed by atoms with Crippen LogP contribution in [0.2, 0.25) is 0 Å². The SMILES string of the molecule is Cc1cccc(CN(C)C(CN)c2ccc(F)c(C)c2)n1. The Bertz CT molecular complexity index is 613. The molecular weight excluding hydrogens is 265 g/mol. The summed E-state index contributed by atoms with van der Waals surface area (Å²) in [6, 6.07) is 11.2. The molecule has 4 heteroatoms. The second kappa shape index (κ2) is 6.78. The van der Waals surface area contributed by atoms with Gasteiger partial charge in [0.05, 0.1) is 5.69 Å². The van der Waals surface area contributed by atoms with Gasteiger partial charge in [0.25, 0.3) is 0 Å². The second-order valence-electron chi connectivity index (χ2n) is 5.45. The van der Waals surface area contributed by atoms with E-state index < -0.39 is 0 Å². The second-order valence-corrected chi connectivity index (χ2v) is 5.45. The molecule has 0 fully saturated rings. The molecule has 3 nitrogen and oxygen atoms in total. The van der Waals surface area contributed by atoms with Crippen molar-refractivity contribution >= 4 is 0 Å². The van der Waals surface area contributed by atoms with Crippen LogP contribution in [0.5, 0.6) is 0 Å². The predicted octanol–water partition coefficient (Wildman–Crippen LogP) is 2.97. The van der Waals surface area contributed by atoms with Crippen LogP contribution < -0.4 is 5.73 Å². The molecule has 0 saturated carbocycles. The van der Waals surface area contributed by atoms with Crippen LogP contribution in [0.1, 0.15) is 28.6 Å². The average Bonchev–Trinajstić information content (AvgIpc) is 2.43. The first-order valence-corrected chi connectivity index (χ1v) is 7.10. The molecule has 1 aromatic carbocycles. The van der Waals surface area contributed by atoms with Crippen molar-refractivity contribution in [2.45, 2.75) is 26.4 Å². The number of nitrogens with two attached hydrogens (primary N) is 1. The molecule has 2 aromatic rings. The third-order valence-corrected chi connectivity index (χ3v) is 3.68. The minimum Gasteiger partial charge on any atom is -0.329 e. The summed E-state index contributed by atoms with van der Waals surface area (Å²) in [6.07, 6.45) is 0. The summed E-state index contributed by atoms with van der Waals surface area (Å²) in [5, 5.41) is 0. The van der Waals surface area contributed by atoms with E-state index in [2.05, 4.69) is 9.88 Å². The van der Waals surface area contributed by atoms with Crippen LogP contribution in [0.15, 0.2) is 36.4 Å². The van der Waals surface area contributed by atoms with Crippen LogP contribution >= 0.6 is 0 Å². The summed E-state index contributed by atoms with van der Waals surface area (Å²) >= 11 is 0. The van der Waals surface area contributed by atoms with Crippen molar-refractivity contribution in [1.82, 2.24) is 9.88 Å². The van der Waals surface area contributed by atoms with Gasteiger partial charge in [0.2, 0.25) is 0 Å². The number of aryl methyl sites for hydroxylation is 2. The smallest absolute Gasteiger partial charge is 0.126 e. The Morgan fingerprint density at radius 2 is 2.00 bits per heavy atom. The minimum atomic E-state index is -0.183. The first kappa shape index (κ1) is 15.6. The highest BCUT2D eigenvalue weighted by Crippen LogP contribution is 2.22. The number of halogens is 1. The number of rotatable bonds is 5. The van der Waals surface area contributed by atoms with E-state index in [0.29, 0.717) is 18.7 Å². The van der Waals surface area contributed by atoms with E-state index >= 15 is 0 Å². The van der Waals surface area contributed by atoms with Gasteiger partial charge in [-0.05, 0) is 50.2 Å². The molecule has 0 radical (unpaired) electrons. The van der Waals surface area contributed by atoms with E-state index in [1.807, 2.05) is 38.2 Å². The summed E-state index contributed by atoms with van der Waals surface area (Å²) in [5.74, 6) is -0.183. The zero-order valence-corrected chi connectivity index (χ0v) is 12.8. The Hall–Kier alpha value is -1.78. The Labute approximate surface area is 125 Å². The normalized spacial score (nSPS) is 12.7. The number of likely N-dealkylation sites (N-methyl/N-ethyl adjacent to an activating group) is 1. The Morgan fingerprint density at radius 3 is 2.62 bits per heavy atom. The highest BCUT2D eigenvalue weighted by atomic mass is 19.1. The van der Waals surface area contributed by atoms with Gasteiger partial charge >= 0.3 is 0 Å². The molecule has 112 valence electrons. The molecule has 0 bridgehead atoms. The number of hydrogen-bond acceptors (Lipinski definition) is 3. The summed E-state index contributed by atoms with van der Waals surface area (Å²) < 4.78 is 13.4. The van der Waals surface area contributed by atoms with Crippen molar-refractivity contribution in [3.05, 3.63) is 64.7 Å². The lowest BCUT2D eigenvalue weighted by Gasteiger charge is -2.27. The molecule has 1 atom stereocenters. The van der Waals surface area contributed by atoms with E-state index in [1.54, 1.807) is 13.0 Å². The molecular formula is C17H22FN3. The Kier molecular flexibility index (Phi) is 5.04. The van der Waals surface area contributed by atoms with Crippen LogP contribution in [-0.2, 0) is 6.54 Å². The van der Waals surface area contributed by atoms with Crippen molar-refractivity contribution < 1.29 is 4.39 Å². The van der Waals surface area contributed by atoms with Crippen molar-refractivity contribution in [2.75, 3.05) is 13.6 Å². The van der Waals surface area contributed by atoms with Gasteiger partial charge in [0.1, 0.15) is 5.82 Å². The Balaban J connectivity index is 2.18. The maximum absolute atomic E-state index is 13.4. The Morgan fingerprint density at radius 1 is 1.24 bits per heavy atom. The van der Waals surface area contributed by atoms with E-state index in [-0.39, 0.29) is 11.9 Å². The zero-order chi connectivity index (χ0) is 15.4. The maximum Gasteiger partial charge on any atom is 0.126 e. The number of aromatic nitrogens is 1. The largest absolute Gasteiger partial charge is 0.329 e. The highest BCUT2D eigenvalue weighted by molar-refractivity contribution is 5.27. The van der Waals surface area contributed by atoms with Gasteiger partial charge < -0.3 is 5.73 Å². The fourth-order valence-corrected chi connectivity index (χ4v) is 2.50. The molecule has 21 heavy (non-hydrogen) atoms. The average molecular weight is 287 g/mol. The van der Waals surface area contributed by atoms with Crippen LogP contribution in [0.25, 0.3) is 0 Å². The van der Waals surface area contributed by atoms with Crippen molar-refractivity contribution in [2.24, 2.45) is 5.73 Å². The molecule has 0 aliphatic carbocycles. The van der Waals surface area contributed by atoms with Gasteiger partial charge in [-0.2, -0.15) is 0 Å². The van der Waals surface area contributed by atoms with Gasteiger partial charge in [-0.3, -0.25) is 9.88 Å². The molecule has 2 N–H and O–H groups in total. The molecule has 0 aliphatic rings.